The van der Waals surface area contributed by atoms with E-state index in [4.69, 9.17) is 10.1 Å². The largest absolute Gasteiger partial charge is 0.255 e. The fourth-order valence-corrected chi connectivity index (χ4v) is 6.04. The van der Waals surface area contributed by atoms with Crippen molar-refractivity contribution in [2.24, 2.45) is 0 Å². The second-order valence-corrected chi connectivity index (χ2v) is 10.3. The van der Waals surface area contributed by atoms with Crippen molar-refractivity contribution in [1.82, 2.24) is 14.6 Å². The fraction of sp³-hybridized carbons (Fsp3) is 0. The lowest BCUT2D eigenvalue weighted by atomic mass is 9.90. The Hall–Kier alpha value is -5.54. The summed E-state index contributed by atoms with van der Waals surface area (Å²) in [4.78, 5) is 4.73. The van der Waals surface area contributed by atoms with Crippen LogP contribution in [0.15, 0.2) is 152 Å². The number of hydrogen-bond donors (Lipinski definition) is 0. The molecule has 0 unspecified atom stereocenters. The molecular formula is C38H25N3. The van der Waals surface area contributed by atoms with Crippen LogP contribution in [0.2, 0.25) is 0 Å². The van der Waals surface area contributed by atoms with Gasteiger partial charge >= 0.3 is 0 Å². The normalized spacial score (nSPS) is 11.4. The van der Waals surface area contributed by atoms with E-state index in [9.17, 15) is 0 Å². The van der Waals surface area contributed by atoms with Crippen LogP contribution in [0.1, 0.15) is 0 Å². The summed E-state index contributed by atoms with van der Waals surface area (Å²) in [5, 5.41) is 10.2. The van der Waals surface area contributed by atoms with Gasteiger partial charge in [0, 0.05) is 22.7 Å². The fourth-order valence-electron chi connectivity index (χ4n) is 6.04. The van der Waals surface area contributed by atoms with Gasteiger partial charge in [0.2, 0.25) is 0 Å². The van der Waals surface area contributed by atoms with E-state index < -0.39 is 0 Å². The Morgan fingerprint density at radius 1 is 0.488 bits per heavy atom. The van der Waals surface area contributed by atoms with Gasteiger partial charge < -0.3 is 0 Å². The second-order valence-electron chi connectivity index (χ2n) is 10.3. The highest BCUT2D eigenvalue weighted by molar-refractivity contribution is 6.10. The Morgan fingerprint density at radius 2 is 1.15 bits per heavy atom. The molecule has 0 saturated heterocycles. The lowest BCUT2D eigenvalue weighted by Gasteiger charge is -2.13. The maximum absolute atomic E-state index is 5.43. The molecule has 192 valence electrons. The van der Waals surface area contributed by atoms with Crippen molar-refractivity contribution in [2.45, 2.75) is 0 Å². The predicted molar refractivity (Wildman–Crippen MR) is 170 cm³/mol. The standard InChI is InChI=1S/C38H25N3/c1-2-14-27(15-3-1)36-37(33-21-9-8-20-32(33)31-22-12-17-26-13-4-6-18-29(26)31)40-41-35(34-23-10-11-24-39-34)25-28-16-5-7-19-30(28)38(36)41/h1-25H. The van der Waals surface area contributed by atoms with E-state index in [2.05, 4.69) is 138 Å². The van der Waals surface area contributed by atoms with E-state index >= 15 is 0 Å². The van der Waals surface area contributed by atoms with Crippen LogP contribution in [0.5, 0.6) is 0 Å². The van der Waals surface area contributed by atoms with Gasteiger partial charge in [-0.3, -0.25) is 4.98 Å². The Kier molecular flexibility index (Phi) is 5.46. The molecule has 0 bridgehead atoms. The van der Waals surface area contributed by atoms with E-state index in [1.807, 2.05) is 18.3 Å². The van der Waals surface area contributed by atoms with Gasteiger partial charge in [-0.25, -0.2) is 4.52 Å². The van der Waals surface area contributed by atoms with Gasteiger partial charge in [-0.15, -0.1) is 0 Å². The van der Waals surface area contributed by atoms with Crippen LogP contribution in [-0.4, -0.2) is 14.6 Å². The maximum Gasteiger partial charge on any atom is 0.102 e. The molecule has 0 spiro atoms. The monoisotopic (exact) mass is 523 g/mol. The summed E-state index contributed by atoms with van der Waals surface area (Å²) in [5.41, 5.74) is 9.59. The average Bonchev–Trinajstić information content (AvgIpc) is 3.46. The number of hydrogen-bond acceptors (Lipinski definition) is 2. The van der Waals surface area contributed by atoms with Gasteiger partial charge in [0.25, 0.3) is 0 Å². The first-order valence-corrected chi connectivity index (χ1v) is 13.9. The molecule has 0 saturated carbocycles. The highest BCUT2D eigenvalue weighted by atomic mass is 15.2. The number of aromatic nitrogens is 3. The van der Waals surface area contributed by atoms with E-state index in [1.165, 1.54) is 16.3 Å². The van der Waals surface area contributed by atoms with Gasteiger partial charge in [0.1, 0.15) is 5.69 Å². The quantitative estimate of drug-likeness (QED) is 0.230. The Bertz CT molecular complexity index is 2190. The Balaban J connectivity index is 1.53. The first kappa shape index (κ1) is 23.4. The van der Waals surface area contributed by atoms with Crippen molar-refractivity contribution in [3.63, 3.8) is 0 Å². The molecule has 0 aliphatic rings. The van der Waals surface area contributed by atoms with Crippen LogP contribution in [0.4, 0.5) is 0 Å². The molecule has 0 aliphatic carbocycles. The first-order chi connectivity index (χ1) is 20.4. The summed E-state index contributed by atoms with van der Waals surface area (Å²) in [6.07, 6.45) is 1.84. The first-order valence-electron chi connectivity index (χ1n) is 13.9. The smallest absolute Gasteiger partial charge is 0.102 e. The molecule has 0 amide bonds. The highest BCUT2D eigenvalue weighted by Crippen LogP contribution is 2.44. The molecule has 0 aliphatic heterocycles. The van der Waals surface area contributed by atoms with Crippen molar-refractivity contribution in [1.29, 1.82) is 0 Å². The minimum Gasteiger partial charge on any atom is -0.255 e. The summed E-state index contributed by atoms with van der Waals surface area (Å²) in [6, 6.07) is 51.2. The number of fused-ring (bicyclic) bond motifs is 4. The molecule has 0 fully saturated rings. The predicted octanol–water partition coefficient (Wildman–Crippen LogP) is 9.70. The van der Waals surface area contributed by atoms with Gasteiger partial charge in [0.05, 0.1) is 16.9 Å². The van der Waals surface area contributed by atoms with Gasteiger partial charge in [-0.05, 0) is 51.0 Å². The van der Waals surface area contributed by atoms with Crippen LogP contribution in [0, 0.1) is 0 Å². The third kappa shape index (κ3) is 3.82. The van der Waals surface area contributed by atoms with Crippen LogP contribution < -0.4 is 0 Å². The lowest BCUT2D eigenvalue weighted by molar-refractivity contribution is 0.972. The molecule has 0 atom stereocenters. The third-order valence-electron chi connectivity index (χ3n) is 7.87. The Morgan fingerprint density at radius 3 is 1.98 bits per heavy atom. The van der Waals surface area contributed by atoms with Crippen LogP contribution >= 0.6 is 0 Å². The molecule has 0 radical (unpaired) electrons. The zero-order valence-electron chi connectivity index (χ0n) is 22.3. The second kappa shape index (κ2) is 9.58. The van der Waals surface area contributed by atoms with E-state index in [0.717, 1.165) is 55.6 Å². The molecule has 8 rings (SSSR count). The minimum absolute atomic E-state index is 0.888. The zero-order chi connectivity index (χ0) is 27.2. The summed E-state index contributed by atoms with van der Waals surface area (Å²) in [5.74, 6) is 0. The molecule has 0 N–H and O–H groups in total. The average molecular weight is 524 g/mol. The van der Waals surface area contributed by atoms with Crippen molar-refractivity contribution in [2.75, 3.05) is 0 Å². The molecule has 3 heterocycles. The molecule has 8 aromatic rings. The van der Waals surface area contributed by atoms with Gasteiger partial charge in [-0.2, -0.15) is 5.10 Å². The molecule has 41 heavy (non-hydrogen) atoms. The topological polar surface area (TPSA) is 30.2 Å². The summed E-state index contributed by atoms with van der Waals surface area (Å²) < 4.78 is 2.10. The summed E-state index contributed by atoms with van der Waals surface area (Å²) in [7, 11) is 0. The SMILES string of the molecule is c1ccc(-c2c(-c3ccccc3-c3cccc4ccccc34)nn3c(-c4ccccn4)cc4ccccc4c23)cc1. The van der Waals surface area contributed by atoms with E-state index in [0.29, 0.717) is 0 Å². The minimum atomic E-state index is 0.888. The molecule has 3 nitrogen and oxygen atoms in total. The molecular weight excluding hydrogens is 498 g/mol. The highest BCUT2D eigenvalue weighted by Gasteiger charge is 2.23. The Labute approximate surface area is 238 Å². The third-order valence-corrected chi connectivity index (χ3v) is 7.87. The summed E-state index contributed by atoms with van der Waals surface area (Å²) >= 11 is 0. The van der Waals surface area contributed by atoms with Crippen LogP contribution in [0.3, 0.4) is 0 Å². The van der Waals surface area contributed by atoms with Crippen molar-refractivity contribution in [3.05, 3.63) is 152 Å². The summed E-state index contributed by atoms with van der Waals surface area (Å²) in [6.45, 7) is 0. The maximum atomic E-state index is 5.43. The van der Waals surface area contributed by atoms with Crippen molar-refractivity contribution < 1.29 is 0 Å². The molecule has 3 heteroatoms. The number of nitrogens with zero attached hydrogens (tertiary/aromatic N) is 3. The van der Waals surface area contributed by atoms with Gasteiger partial charge in [-0.1, -0.05) is 127 Å². The van der Waals surface area contributed by atoms with E-state index in [-0.39, 0.29) is 0 Å². The van der Waals surface area contributed by atoms with Crippen LogP contribution in [0.25, 0.3) is 72.0 Å². The number of rotatable bonds is 4. The van der Waals surface area contributed by atoms with Crippen molar-refractivity contribution in [3.8, 4) is 44.9 Å². The van der Waals surface area contributed by atoms with Crippen LogP contribution in [-0.2, 0) is 0 Å². The molecule has 5 aromatic carbocycles. The van der Waals surface area contributed by atoms with E-state index in [1.54, 1.807) is 0 Å². The van der Waals surface area contributed by atoms with Crippen molar-refractivity contribution >= 4 is 27.1 Å². The number of benzene rings is 5. The van der Waals surface area contributed by atoms with Gasteiger partial charge in [0.15, 0.2) is 0 Å². The lowest BCUT2D eigenvalue weighted by Crippen LogP contribution is -1.97. The number of pyridine rings is 2. The molecule has 3 aromatic heterocycles. The zero-order valence-corrected chi connectivity index (χ0v) is 22.3.